The van der Waals surface area contributed by atoms with Crippen LogP contribution in [0.3, 0.4) is 0 Å². The Morgan fingerprint density at radius 3 is 2.89 bits per heavy atom. The Labute approximate surface area is 118 Å². The molecule has 0 spiro atoms. The minimum absolute atomic E-state index is 0.176. The molecule has 0 aromatic carbocycles. The number of nitrogens with one attached hydrogen (secondary N) is 2. The molecule has 0 radical (unpaired) electrons. The lowest BCUT2D eigenvalue weighted by Gasteiger charge is -2.09. The van der Waals surface area contributed by atoms with E-state index in [1.807, 2.05) is 0 Å². The van der Waals surface area contributed by atoms with Crippen LogP contribution < -0.4 is 16.4 Å². The van der Waals surface area contributed by atoms with Crippen LogP contribution in [0.15, 0.2) is 0 Å². The van der Waals surface area contributed by atoms with E-state index in [1.165, 1.54) is 43.6 Å². The van der Waals surface area contributed by atoms with Crippen LogP contribution in [0.4, 0.5) is 10.8 Å². The normalized spacial score (nSPS) is 15.6. The van der Waals surface area contributed by atoms with Crippen LogP contribution >= 0.6 is 11.5 Å². The Morgan fingerprint density at radius 2 is 2.21 bits per heavy atom. The van der Waals surface area contributed by atoms with Crippen molar-refractivity contribution in [2.24, 2.45) is 5.92 Å². The maximum atomic E-state index is 11.7. The van der Waals surface area contributed by atoms with Gasteiger partial charge in [0.05, 0.1) is 0 Å². The first kappa shape index (κ1) is 14.1. The fraction of sp³-hybridized carbons (Fsp3) is 0.692. The molecule has 0 atom stereocenters. The van der Waals surface area contributed by atoms with Crippen molar-refractivity contribution in [3.05, 3.63) is 5.56 Å². The van der Waals surface area contributed by atoms with E-state index in [4.69, 9.17) is 5.73 Å². The Hall–Kier alpha value is -1.30. The molecule has 0 aliphatic heterocycles. The van der Waals surface area contributed by atoms with Crippen molar-refractivity contribution in [1.82, 2.24) is 9.69 Å². The number of nitrogen functional groups attached to an aromatic ring is 1. The Kier molecular flexibility index (Phi) is 5.01. The zero-order valence-electron chi connectivity index (χ0n) is 11.4. The van der Waals surface area contributed by atoms with Crippen molar-refractivity contribution in [3.63, 3.8) is 0 Å². The Bertz CT molecular complexity index is 426. The van der Waals surface area contributed by atoms with Gasteiger partial charge in [-0.3, -0.25) is 4.79 Å². The number of rotatable bonds is 6. The van der Waals surface area contributed by atoms with Gasteiger partial charge < -0.3 is 16.4 Å². The van der Waals surface area contributed by atoms with E-state index in [0.29, 0.717) is 11.4 Å². The molecule has 6 heteroatoms. The fourth-order valence-corrected chi connectivity index (χ4v) is 3.40. The standard InChI is InChI=1S/C13H22N4OS/c1-15-12(18)10-11(14)17-19-13(10)16-8-4-7-9-5-2-3-6-9/h9,16H,2-8H2,1H3,(H2,14,17)(H,15,18). The van der Waals surface area contributed by atoms with Gasteiger partial charge in [-0.25, -0.2) is 0 Å². The minimum Gasteiger partial charge on any atom is -0.382 e. The Balaban J connectivity index is 1.80. The van der Waals surface area contributed by atoms with Gasteiger partial charge in [0.1, 0.15) is 10.6 Å². The number of carbonyl (C=O) groups excluding carboxylic acids is 1. The lowest BCUT2D eigenvalue weighted by Crippen LogP contribution is -2.20. The summed E-state index contributed by atoms with van der Waals surface area (Å²) in [7, 11) is 1.60. The van der Waals surface area contributed by atoms with Crippen molar-refractivity contribution in [1.29, 1.82) is 0 Å². The second-order valence-electron chi connectivity index (χ2n) is 5.07. The molecule has 106 valence electrons. The summed E-state index contributed by atoms with van der Waals surface area (Å²) >= 11 is 1.26. The number of aromatic nitrogens is 1. The van der Waals surface area contributed by atoms with E-state index < -0.39 is 0 Å². The highest BCUT2D eigenvalue weighted by Gasteiger charge is 2.18. The summed E-state index contributed by atoms with van der Waals surface area (Å²) in [6.45, 7) is 0.877. The van der Waals surface area contributed by atoms with Crippen molar-refractivity contribution in [2.45, 2.75) is 38.5 Å². The van der Waals surface area contributed by atoms with Gasteiger partial charge in [0.15, 0.2) is 5.82 Å². The highest BCUT2D eigenvalue weighted by molar-refractivity contribution is 7.11. The van der Waals surface area contributed by atoms with Crippen molar-refractivity contribution >= 4 is 28.3 Å². The number of anilines is 2. The maximum Gasteiger partial charge on any atom is 0.257 e. The van der Waals surface area contributed by atoms with Crippen LogP contribution in [-0.2, 0) is 0 Å². The van der Waals surface area contributed by atoms with Gasteiger partial charge in [0.2, 0.25) is 0 Å². The molecule has 1 amide bonds. The van der Waals surface area contributed by atoms with Crippen molar-refractivity contribution in [2.75, 3.05) is 24.6 Å². The summed E-state index contributed by atoms with van der Waals surface area (Å²) in [5, 5.41) is 6.66. The highest BCUT2D eigenvalue weighted by atomic mass is 32.1. The van der Waals surface area contributed by atoms with Gasteiger partial charge in [-0.15, -0.1) is 0 Å². The van der Waals surface area contributed by atoms with Crippen molar-refractivity contribution < 1.29 is 4.79 Å². The molecular weight excluding hydrogens is 260 g/mol. The maximum absolute atomic E-state index is 11.7. The highest BCUT2D eigenvalue weighted by Crippen LogP contribution is 2.29. The molecule has 1 aliphatic carbocycles. The number of amides is 1. The lowest BCUT2D eigenvalue weighted by molar-refractivity contribution is 0.0965. The smallest absolute Gasteiger partial charge is 0.257 e. The van der Waals surface area contributed by atoms with E-state index in [9.17, 15) is 4.79 Å². The number of carbonyl (C=O) groups is 1. The average molecular weight is 282 g/mol. The molecule has 4 N–H and O–H groups in total. The molecular formula is C13H22N4OS. The van der Waals surface area contributed by atoms with Gasteiger partial charge in [-0.05, 0) is 30.3 Å². The summed E-state index contributed by atoms with van der Waals surface area (Å²) in [6, 6.07) is 0. The van der Waals surface area contributed by atoms with Gasteiger partial charge >= 0.3 is 0 Å². The molecule has 2 rings (SSSR count). The second-order valence-corrected chi connectivity index (χ2v) is 5.84. The van der Waals surface area contributed by atoms with E-state index in [2.05, 4.69) is 15.0 Å². The van der Waals surface area contributed by atoms with Crippen LogP contribution in [0.2, 0.25) is 0 Å². The zero-order valence-corrected chi connectivity index (χ0v) is 12.2. The van der Waals surface area contributed by atoms with Gasteiger partial charge in [-0.1, -0.05) is 25.7 Å². The summed E-state index contributed by atoms with van der Waals surface area (Å²) in [6.07, 6.45) is 7.97. The van der Waals surface area contributed by atoms with Gasteiger partial charge in [0, 0.05) is 13.6 Å². The number of nitrogens with two attached hydrogens (primary N) is 1. The van der Waals surface area contributed by atoms with Crippen molar-refractivity contribution in [3.8, 4) is 0 Å². The first-order valence-corrected chi connectivity index (χ1v) is 7.70. The molecule has 19 heavy (non-hydrogen) atoms. The van der Waals surface area contributed by atoms with E-state index in [1.54, 1.807) is 7.05 Å². The third-order valence-electron chi connectivity index (χ3n) is 3.72. The monoisotopic (exact) mass is 282 g/mol. The quantitative estimate of drug-likeness (QED) is 0.700. The molecule has 5 nitrogen and oxygen atoms in total. The van der Waals surface area contributed by atoms with E-state index >= 15 is 0 Å². The first-order valence-electron chi connectivity index (χ1n) is 6.93. The van der Waals surface area contributed by atoms with Crippen LogP contribution in [0.5, 0.6) is 0 Å². The summed E-state index contributed by atoms with van der Waals surface area (Å²) in [4.78, 5) is 11.7. The SMILES string of the molecule is CNC(=O)c1c(N)nsc1NCCCC1CCCC1. The Morgan fingerprint density at radius 1 is 1.47 bits per heavy atom. The molecule has 1 aromatic rings. The van der Waals surface area contributed by atoms with Crippen LogP contribution in [-0.4, -0.2) is 23.9 Å². The van der Waals surface area contributed by atoms with Crippen LogP contribution in [0.25, 0.3) is 0 Å². The molecule has 0 unspecified atom stereocenters. The third-order valence-corrected chi connectivity index (χ3v) is 4.54. The topological polar surface area (TPSA) is 80.0 Å². The molecule has 0 saturated heterocycles. The van der Waals surface area contributed by atoms with Gasteiger partial charge in [0.25, 0.3) is 5.91 Å². The van der Waals surface area contributed by atoms with Gasteiger partial charge in [-0.2, -0.15) is 4.37 Å². The minimum atomic E-state index is -0.176. The van der Waals surface area contributed by atoms with Crippen LogP contribution in [0.1, 0.15) is 48.9 Å². The zero-order chi connectivity index (χ0) is 13.7. The third kappa shape index (κ3) is 3.59. The van der Waals surface area contributed by atoms with E-state index in [0.717, 1.165) is 23.9 Å². The first-order chi connectivity index (χ1) is 9.22. The molecule has 1 fully saturated rings. The second kappa shape index (κ2) is 6.75. The largest absolute Gasteiger partial charge is 0.382 e. The number of hydrogen-bond acceptors (Lipinski definition) is 5. The predicted molar refractivity (Wildman–Crippen MR) is 79.6 cm³/mol. The average Bonchev–Trinajstić information content (AvgIpc) is 3.04. The summed E-state index contributed by atoms with van der Waals surface area (Å²) in [5.74, 6) is 1.04. The summed E-state index contributed by atoms with van der Waals surface area (Å²) < 4.78 is 4.04. The van der Waals surface area contributed by atoms with Crippen LogP contribution in [0, 0.1) is 5.92 Å². The molecule has 1 saturated carbocycles. The summed E-state index contributed by atoms with van der Waals surface area (Å²) in [5.41, 5.74) is 6.20. The number of nitrogens with zero attached hydrogens (tertiary/aromatic N) is 1. The fourth-order valence-electron chi connectivity index (χ4n) is 2.66. The molecule has 1 aromatic heterocycles. The predicted octanol–water partition coefficient (Wildman–Crippen LogP) is 2.47. The lowest BCUT2D eigenvalue weighted by atomic mass is 10.0. The molecule has 1 aliphatic rings. The number of hydrogen-bond donors (Lipinski definition) is 3. The molecule has 0 bridgehead atoms. The molecule has 1 heterocycles. The van der Waals surface area contributed by atoms with E-state index in [-0.39, 0.29) is 5.91 Å².